The Morgan fingerprint density at radius 1 is 0.771 bits per heavy atom. The molecule has 10 nitrogen and oxygen atoms in total. The zero-order valence-corrected chi connectivity index (χ0v) is 19.9. The fraction of sp³-hybridized carbons (Fsp3) is 0.200. The molecule has 35 heavy (non-hydrogen) atoms. The second-order valence-corrected chi connectivity index (χ2v) is 7.62. The predicted molar refractivity (Wildman–Crippen MR) is 131 cm³/mol. The number of nitrogens with zero attached hydrogens (tertiary/aromatic N) is 1. The number of carbonyl (C=O) groups excluding carboxylic acids is 2. The number of hydrogen-bond donors (Lipinski definition) is 2. The van der Waals surface area contributed by atoms with Crippen molar-refractivity contribution >= 4 is 28.9 Å². The van der Waals surface area contributed by atoms with Gasteiger partial charge in [0.25, 0.3) is 11.8 Å². The molecule has 0 aromatic heterocycles. The van der Waals surface area contributed by atoms with Gasteiger partial charge in [-0.3, -0.25) is 19.7 Å². The maximum absolute atomic E-state index is 13.2. The molecule has 3 aromatic rings. The van der Waals surface area contributed by atoms with Crippen molar-refractivity contribution < 1.29 is 28.7 Å². The third-order valence-corrected chi connectivity index (χ3v) is 5.14. The van der Waals surface area contributed by atoms with Crippen LogP contribution < -0.4 is 24.8 Å². The minimum atomic E-state index is -0.659. The maximum atomic E-state index is 13.2. The van der Waals surface area contributed by atoms with Crippen molar-refractivity contribution in [3.05, 3.63) is 80.9 Å². The molecule has 10 heteroatoms. The van der Waals surface area contributed by atoms with Gasteiger partial charge in [-0.05, 0) is 55.3 Å². The number of hydrogen-bond acceptors (Lipinski definition) is 7. The summed E-state index contributed by atoms with van der Waals surface area (Å²) >= 11 is 0. The highest BCUT2D eigenvalue weighted by Crippen LogP contribution is 2.36. The summed E-state index contributed by atoms with van der Waals surface area (Å²) in [5, 5.41) is 16.9. The summed E-state index contributed by atoms with van der Waals surface area (Å²) in [5.41, 5.74) is 1.69. The second-order valence-electron chi connectivity index (χ2n) is 7.62. The first-order chi connectivity index (χ1) is 16.7. The van der Waals surface area contributed by atoms with Crippen LogP contribution in [-0.4, -0.2) is 38.1 Å². The quantitative estimate of drug-likeness (QED) is 0.353. The topological polar surface area (TPSA) is 129 Å². The molecule has 0 heterocycles. The minimum absolute atomic E-state index is 0.0252. The van der Waals surface area contributed by atoms with E-state index in [-0.39, 0.29) is 34.0 Å². The van der Waals surface area contributed by atoms with Crippen molar-refractivity contribution in [1.29, 1.82) is 0 Å². The Morgan fingerprint density at radius 2 is 1.31 bits per heavy atom. The van der Waals surface area contributed by atoms with E-state index in [0.29, 0.717) is 22.6 Å². The Labute approximate surface area is 202 Å². The van der Waals surface area contributed by atoms with E-state index in [2.05, 4.69) is 10.6 Å². The molecule has 0 unspecified atom stereocenters. The lowest BCUT2D eigenvalue weighted by molar-refractivity contribution is -0.385. The van der Waals surface area contributed by atoms with Crippen molar-refractivity contribution in [2.24, 2.45) is 0 Å². The molecule has 0 aliphatic heterocycles. The number of ether oxygens (including phenoxy) is 3. The van der Waals surface area contributed by atoms with E-state index in [9.17, 15) is 19.7 Å². The zero-order chi connectivity index (χ0) is 25.7. The highest BCUT2D eigenvalue weighted by molar-refractivity contribution is 6.11. The number of benzene rings is 3. The standard InChI is InChI=1S/C25H25N3O7/c1-14-10-16(24(29)26-18-8-6-7-9-21(18)33-3)22(34-4)19(12-14)27-25(30)17-11-15(2)13-20(28(31)32)23(17)35-5/h6-13H,1-5H3,(H,26,29)(H,27,30). The van der Waals surface area contributed by atoms with Crippen LogP contribution in [-0.2, 0) is 0 Å². The number of para-hydroxylation sites is 2. The van der Waals surface area contributed by atoms with Crippen LogP contribution in [0.2, 0.25) is 0 Å². The first kappa shape index (κ1) is 25.0. The van der Waals surface area contributed by atoms with Gasteiger partial charge in [-0.2, -0.15) is 0 Å². The van der Waals surface area contributed by atoms with E-state index < -0.39 is 16.7 Å². The summed E-state index contributed by atoms with van der Waals surface area (Å²) in [5.74, 6) is -0.701. The van der Waals surface area contributed by atoms with E-state index in [4.69, 9.17) is 14.2 Å². The molecule has 0 radical (unpaired) electrons. The minimum Gasteiger partial charge on any atom is -0.495 e. The average Bonchev–Trinajstić information content (AvgIpc) is 2.83. The van der Waals surface area contributed by atoms with Gasteiger partial charge in [0.05, 0.1) is 48.8 Å². The lowest BCUT2D eigenvalue weighted by atomic mass is 10.1. The molecule has 0 fully saturated rings. The Balaban J connectivity index is 2.01. The van der Waals surface area contributed by atoms with Gasteiger partial charge in [0.2, 0.25) is 5.75 Å². The van der Waals surface area contributed by atoms with E-state index >= 15 is 0 Å². The molecular formula is C25H25N3O7. The van der Waals surface area contributed by atoms with Crippen molar-refractivity contribution in [2.45, 2.75) is 13.8 Å². The van der Waals surface area contributed by atoms with Crippen LogP contribution in [0.1, 0.15) is 31.8 Å². The zero-order valence-electron chi connectivity index (χ0n) is 19.9. The summed E-state index contributed by atoms with van der Waals surface area (Å²) in [6.07, 6.45) is 0. The summed E-state index contributed by atoms with van der Waals surface area (Å²) in [4.78, 5) is 37.1. The maximum Gasteiger partial charge on any atom is 0.312 e. The average molecular weight is 479 g/mol. The number of nitro benzene ring substituents is 1. The highest BCUT2D eigenvalue weighted by atomic mass is 16.6. The van der Waals surface area contributed by atoms with Gasteiger partial charge in [-0.15, -0.1) is 0 Å². The van der Waals surface area contributed by atoms with Crippen molar-refractivity contribution in [3.8, 4) is 17.2 Å². The van der Waals surface area contributed by atoms with Gasteiger partial charge in [0, 0.05) is 6.07 Å². The van der Waals surface area contributed by atoms with Crippen molar-refractivity contribution in [3.63, 3.8) is 0 Å². The number of methoxy groups -OCH3 is 3. The molecule has 0 aliphatic carbocycles. The van der Waals surface area contributed by atoms with Gasteiger partial charge in [0.15, 0.2) is 5.75 Å². The van der Waals surface area contributed by atoms with Crippen LogP contribution in [0.15, 0.2) is 48.5 Å². The first-order valence-corrected chi connectivity index (χ1v) is 10.5. The van der Waals surface area contributed by atoms with Gasteiger partial charge in [0.1, 0.15) is 5.75 Å². The summed E-state index contributed by atoms with van der Waals surface area (Å²) < 4.78 is 15.9. The predicted octanol–water partition coefficient (Wildman–Crippen LogP) is 4.74. The van der Waals surface area contributed by atoms with Crippen molar-refractivity contribution in [1.82, 2.24) is 0 Å². The Hall–Kier alpha value is -4.60. The lowest BCUT2D eigenvalue weighted by Crippen LogP contribution is -2.18. The molecule has 0 bridgehead atoms. The number of amides is 2. The van der Waals surface area contributed by atoms with Crippen molar-refractivity contribution in [2.75, 3.05) is 32.0 Å². The molecule has 182 valence electrons. The number of nitrogens with one attached hydrogen (secondary N) is 2. The lowest BCUT2D eigenvalue weighted by Gasteiger charge is -2.17. The normalized spacial score (nSPS) is 10.3. The molecule has 2 N–H and O–H groups in total. The first-order valence-electron chi connectivity index (χ1n) is 10.5. The molecule has 0 saturated carbocycles. The SMILES string of the molecule is COc1ccccc1NC(=O)c1cc(C)cc(NC(=O)c2cc(C)cc([N+](=O)[O-])c2OC)c1OC. The molecule has 0 saturated heterocycles. The van der Waals surface area contributed by atoms with Crippen LogP contribution in [0.5, 0.6) is 17.2 Å². The smallest absolute Gasteiger partial charge is 0.312 e. The number of nitro groups is 1. The number of rotatable bonds is 8. The molecule has 2 amide bonds. The number of aryl methyl sites for hydroxylation is 2. The van der Waals surface area contributed by atoms with E-state index in [0.717, 1.165) is 0 Å². The molecule has 3 rings (SSSR count). The fourth-order valence-corrected chi connectivity index (χ4v) is 3.65. The fourth-order valence-electron chi connectivity index (χ4n) is 3.65. The van der Waals surface area contributed by atoms with Gasteiger partial charge >= 0.3 is 5.69 Å². The van der Waals surface area contributed by atoms with Gasteiger partial charge < -0.3 is 24.8 Å². The van der Waals surface area contributed by atoms with E-state index in [1.807, 2.05) is 0 Å². The largest absolute Gasteiger partial charge is 0.495 e. The molecule has 0 spiro atoms. The van der Waals surface area contributed by atoms with Crippen LogP contribution in [0.4, 0.5) is 17.1 Å². The highest BCUT2D eigenvalue weighted by Gasteiger charge is 2.26. The molecule has 0 atom stereocenters. The molecule has 0 aliphatic rings. The van der Waals surface area contributed by atoms with Gasteiger partial charge in [-0.1, -0.05) is 12.1 Å². The molecular weight excluding hydrogens is 454 g/mol. The van der Waals surface area contributed by atoms with Crippen LogP contribution in [0.3, 0.4) is 0 Å². The third kappa shape index (κ3) is 5.32. The monoisotopic (exact) mass is 479 g/mol. The summed E-state index contributed by atoms with van der Waals surface area (Å²) in [7, 11) is 4.12. The Bertz CT molecular complexity index is 1300. The third-order valence-electron chi connectivity index (χ3n) is 5.14. The second kappa shape index (κ2) is 10.6. The van der Waals surface area contributed by atoms with Gasteiger partial charge in [-0.25, -0.2) is 0 Å². The number of carbonyl (C=O) groups is 2. The molecule has 3 aromatic carbocycles. The van der Waals surface area contributed by atoms with Crippen LogP contribution >= 0.6 is 0 Å². The van der Waals surface area contributed by atoms with E-state index in [1.54, 1.807) is 50.2 Å². The Morgan fingerprint density at radius 3 is 1.89 bits per heavy atom. The summed E-state index contributed by atoms with van der Waals surface area (Å²) in [6, 6.07) is 13.0. The summed E-state index contributed by atoms with van der Waals surface area (Å²) in [6.45, 7) is 3.39. The van der Waals surface area contributed by atoms with E-state index in [1.165, 1.54) is 33.5 Å². The Kier molecular flexibility index (Phi) is 7.55. The van der Waals surface area contributed by atoms with Crippen LogP contribution in [0.25, 0.3) is 0 Å². The number of anilines is 2. The van der Waals surface area contributed by atoms with Crippen LogP contribution in [0, 0.1) is 24.0 Å².